The first kappa shape index (κ1) is 18.0. The quantitative estimate of drug-likeness (QED) is 0.729. The van der Waals surface area contributed by atoms with Gasteiger partial charge in [-0.2, -0.15) is 9.90 Å². The first-order valence-corrected chi connectivity index (χ1v) is 8.88. The lowest BCUT2D eigenvalue weighted by Crippen LogP contribution is -2.49. The molecule has 1 aromatic heterocycles. The van der Waals surface area contributed by atoms with Crippen molar-refractivity contribution in [2.24, 2.45) is 5.73 Å². The molecule has 0 unspecified atom stereocenters. The second-order valence-electron chi connectivity index (χ2n) is 6.30. The van der Waals surface area contributed by atoms with Crippen molar-refractivity contribution < 1.29 is 14.3 Å². The van der Waals surface area contributed by atoms with E-state index < -0.39 is 17.9 Å². The van der Waals surface area contributed by atoms with Crippen molar-refractivity contribution in [3.63, 3.8) is 0 Å². The molecule has 1 aliphatic heterocycles. The van der Waals surface area contributed by atoms with Crippen molar-refractivity contribution in [3.8, 4) is 11.4 Å². The molecule has 2 aromatic carbocycles. The summed E-state index contributed by atoms with van der Waals surface area (Å²) in [5, 5.41) is 9.20. The van der Waals surface area contributed by atoms with E-state index in [0.29, 0.717) is 27.8 Å². The van der Waals surface area contributed by atoms with Crippen molar-refractivity contribution in [3.05, 3.63) is 64.9 Å². The number of carbonyl (C=O) groups is 2. The van der Waals surface area contributed by atoms with Crippen LogP contribution in [0.2, 0.25) is 5.02 Å². The van der Waals surface area contributed by atoms with E-state index in [1.807, 2.05) is 0 Å². The van der Waals surface area contributed by atoms with Gasteiger partial charge in [-0.15, -0.1) is 5.10 Å². The van der Waals surface area contributed by atoms with Crippen LogP contribution in [-0.2, 0) is 4.79 Å². The average Bonchev–Trinajstić information content (AvgIpc) is 3.08. The summed E-state index contributed by atoms with van der Waals surface area (Å²) in [5.74, 6) is -0.634. The molecule has 2 amide bonds. The molecular weight excluding hydrogens is 382 g/mol. The number of nitrogens with zero attached hydrogens (tertiary/aromatic N) is 4. The second kappa shape index (κ2) is 6.97. The molecule has 0 fully saturated rings. The van der Waals surface area contributed by atoms with Crippen LogP contribution in [0.4, 0.5) is 5.69 Å². The zero-order valence-corrected chi connectivity index (χ0v) is 15.6. The number of hydrogen-bond acceptors (Lipinski definition) is 5. The fourth-order valence-electron chi connectivity index (χ4n) is 3.00. The number of anilines is 1. The number of benzene rings is 2. The second-order valence-corrected chi connectivity index (χ2v) is 6.73. The van der Waals surface area contributed by atoms with Gasteiger partial charge in [0, 0.05) is 5.02 Å². The lowest BCUT2D eigenvalue weighted by molar-refractivity contribution is -0.124. The molecule has 0 bridgehead atoms. The summed E-state index contributed by atoms with van der Waals surface area (Å²) >= 11 is 6.03. The van der Waals surface area contributed by atoms with Crippen LogP contribution in [0, 0.1) is 6.92 Å². The number of aromatic nitrogens is 3. The molecule has 28 heavy (non-hydrogen) atoms. The third-order valence-electron chi connectivity index (χ3n) is 4.36. The molecule has 0 spiro atoms. The highest BCUT2D eigenvalue weighted by atomic mass is 35.5. The van der Waals surface area contributed by atoms with E-state index >= 15 is 0 Å². The molecule has 0 radical (unpaired) electrons. The largest absolute Gasteiger partial charge is 0.477 e. The minimum absolute atomic E-state index is 0.00531. The van der Waals surface area contributed by atoms with Gasteiger partial charge in [0.15, 0.2) is 11.8 Å². The molecule has 8 nitrogen and oxygen atoms in total. The van der Waals surface area contributed by atoms with Gasteiger partial charge in [-0.3, -0.25) is 14.5 Å². The van der Waals surface area contributed by atoms with Gasteiger partial charge in [0.2, 0.25) is 0 Å². The number of carbonyl (C=O) groups excluding carboxylic acids is 2. The monoisotopic (exact) mass is 397 g/mol. The highest BCUT2D eigenvalue weighted by Crippen LogP contribution is 2.34. The summed E-state index contributed by atoms with van der Waals surface area (Å²) in [5.41, 5.74) is 7.19. The molecule has 1 atom stereocenters. The Hall–Kier alpha value is -3.39. The van der Waals surface area contributed by atoms with E-state index in [0.717, 1.165) is 0 Å². The molecule has 0 saturated carbocycles. The average molecular weight is 398 g/mol. The minimum atomic E-state index is -0.942. The summed E-state index contributed by atoms with van der Waals surface area (Å²) in [6, 6.07) is 13.9. The maximum absolute atomic E-state index is 13.2. The third kappa shape index (κ3) is 3.18. The summed E-state index contributed by atoms with van der Waals surface area (Å²) in [4.78, 5) is 27.7. The number of rotatable bonds is 3. The van der Waals surface area contributed by atoms with Crippen molar-refractivity contribution in [2.45, 2.75) is 13.0 Å². The first-order valence-electron chi connectivity index (χ1n) is 8.51. The summed E-state index contributed by atoms with van der Waals surface area (Å²) in [6.45, 7) is 1.69. The van der Waals surface area contributed by atoms with Gasteiger partial charge in [0.05, 0.1) is 23.6 Å². The van der Waals surface area contributed by atoms with E-state index in [9.17, 15) is 9.59 Å². The lowest BCUT2D eigenvalue weighted by atomic mass is 10.1. The number of aryl methyl sites for hydroxylation is 1. The van der Waals surface area contributed by atoms with Crippen LogP contribution < -0.4 is 15.4 Å². The summed E-state index contributed by atoms with van der Waals surface area (Å²) < 4.78 is 5.60. The van der Waals surface area contributed by atoms with E-state index in [4.69, 9.17) is 22.1 Å². The van der Waals surface area contributed by atoms with E-state index in [1.165, 1.54) is 9.70 Å². The number of halogens is 1. The Bertz CT molecular complexity index is 1080. The number of nitrogens with two attached hydrogens (primary N) is 1. The fraction of sp³-hybridized carbons (Fsp3) is 0.158. The lowest BCUT2D eigenvalue weighted by Gasteiger charge is -2.33. The van der Waals surface area contributed by atoms with Crippen molar-refractivity contribution >= 4 is 29.1 Å². The molecule has 3 aromatic rings. The zero-order chi connectivity index (χ0) is 19.8. The molecule has 0 aliphatic carbocycles. The number of fused-ring (bicyclic) bond motifs is 1. The van der Waals surface area contributed by atoms with Gasteiger partial charge in [0.1, 0.15) is 5.75 Å². The van der Waals surface area contributed by atoms with Crippen LogP contribution in [0.5, 0.6) is 5.75 Å². The minimum Gasteiger partial charge on any atom is -0.477 e. The van der Waals surface area contributed by atoms with Crippen molar-refractivity contribution in [2.75, 3.05) is 11.4 Å². The summed E-state index contributed by atoms with van der Waals surface area (Å²) in [7, 11) is 0. The predicted octanol–water partition coefficient (Wildman–Crippen LogP) is 2.12. The molecule has 142 valence electrons. The molecule has 1 aliphatic rings. The van der Waals surface area contributed by atoms with E-state index in [2.05, 4.69) is 10.2 Å². The Kier molecular flexibility index (Phi) is 4.48. The van der Waals surface area contributed by atoms with Crippen LogP contribution in [-0.4, -0.2) is 39.5 Å². The van der Waals surface area contributed by atoms with Gasteiger partial charge in [-0.1, -0.05) is 29.8 Å². The highest BCUT2D eigenvalue weighted by Gasteiger charge is 2.34. The van der Waals surface area contributed by atoms with Gasteiger partial charge >= 0.3 is 0 Å². The Morgan fingerprint density at radius 1 is 1.18 bits per heavy atom. The molecule has 2 N–H and O–H groups in total. The Balaban J connectivity index is 1.72. The van der Waals surface area contributed by atoms with Crippen LogP contribution in [0.1, 0.15) is 16.2 Å². The Morgan fingerprint density at radius 3 is 2.71 bits per heavy atom. The van der Waals surface area contributed by atoms with Crippen molar-refractivity contribution in [1.29, 1.82) is 0 Å². The predicted molar refractivity (Wildman–Crippen MR) is 103 cm³/mol. The van der Waals surface area contributed by atoms with Gasteiger partial charge in [-0.25, -0.2) is 0 Å². The normalized spacial score (nSPS) is 15.6. The van der Waals surface area contributed by atoms with Gasteiger partial charge in [0.25, 0.3) is 11.8 Å². The van der Waals surface area contributed by atoms with Gasteiger partial charge < -0.3 is 10.5 Å². The topological polar surface area (TPSA) is 103 Å². The van der Waals surface area contributed by atoms with E-state index in [1.54, 1.807) is 55.5 Å². The first-order chi connectivity index (χ1) is 13.4. The van der Waals surface area contributed by atoms with Crippen LogP contribution in [0.3, 0.4) is 0 Å². The number of ether oxygens (including phenoxy) is 1. The molecular formula is C19H16ClN5O3. The molecule has 9 heteroatoms. The van der Waals surface area contributed by atoms with Crippen LogP contribution >= 0.6 is 11.6 Å². The van der Waals surface area contributed by atoms with E-state index in [-0.39, 0.29) is 12.2 Å². The smallest absolute Gasteiger partial charge is 0.281 e. The molecule has 4 rings (SSSR count). The number of para-hydroxylation sites is 2. The van der Waals surface area contributed by atoms with Crippen LogP contribution in [0.15, 0.2) is 48.5 Å². The zero-order valence-electron chi connectivity index (χ0n) is 14.9. The maximum atomic E-state index is 13.2. The van der Waals surface area contributed by atoms with Crippen LogP contribution in [0.25, 0.3) is 5.69 Å². The number of hydrogen-bond donors (Lipinski definition) is 1. The van der Waals surface area contributed by atoms with Crippen molar-refractivity contribution in [1.82, 2.24) is 15.0 Å². The highest BCUT2D eigenvalue weighted by molar-refractivity contribution is 6.30. The number of amides is 2. The van der Waals surface area contributed by atoms with Gasteiger partial charge in [-0.05, 0) is 37.3 Å². The Labute approximate surface area is 165 Å². The SMILES string of the molecule is Cc1nn(-c2cccc(Cl)c2)nc1C(=O)N1C[C@H](C(N)=O)Oc2ccccc21. The number of primary amides is 1. The standard InChI is InChI=1S/C19H16ClN5O3/c1-11-17(23-25(22-11)13-6-4-5-12(20)9-13)19(27)24-10-16(18(21)26)28-15-8-3-2-7-14(15)24/h2-9,16H,10H2,1H3,(H2,21,26)/t16-/m1/s1. The Morgan fingerprint density at radius 2 is 1.96 bits per heavy atom. The fourth-order valence-corrected chi connectivity index (χ4v) is 3.18. The molecule has 0 saturated heterocycles. The third-order valence-corrected chi connectivity index (χ3v) is 4.60. The maximum Gasteiger partial charge on any atom is 0.281 e. The summed E-state index contributed by atoms with van der Waals surface area (Å²) in [6.07, 6.45) is -0.942. The molecule has 2 heterocycles.